The topological polar surface area (TPSA) is 97.6 Å². The molecule has 1 amide bonds. The molecule has 9 heteroatoms. The minimum absolute atomic E-state index is 0.134. The van der Waals surface area contributed by atoms with Gasteiger partial charge in [-0.25, -0.2) is 4.98 Å². The highest BCUT2D eigenvalue weighted by atomic mass is 32.1. The van der Waals surface area contributed by atoms with Crippen LogP contribution in [-0.2, 0) is 16.6 Å². The van der Waals surface area contributed by atoms with Crippen molar-refractivity contribution in [1.82, 2.24) is 19.7 Å². The zero-order valence-electron chi connectivity index (χ0n) is 12.5. The van der Waals surface area contributed by atoms with Crippen molar-refractivity contribution in [1.29, 1.82) is 0 Å². The minimum Gasteiger partial charge on any atom is -0.481 e. The molecular weight excluding hydrogens is 320 g/mol. The first-order chi connectivity index (χ1) is 11.0. The number of carboxylic acid groups (broad SMARTS) is 1. The average Bonchev–Trinajstić information content (AvgIpc) is 3.15. The third-order valence-electron chi connectivity index (χ3n) is 3.57. The number of carbonyl (C=O) groups excluding carboxylic acids is 1. The summed E-state index contributed by atoms with van der Waals surface area (Å²) in [5.74, 6) is -1.21. The van der Waals surface area contributed by atoms with Crippen molar-refractivity contribution in [2.75, 3.05) is 19.8 Å². The molecule has 23 heavy (non-hydrogen) atoms. The molecule has 0 spiro atoms. The first-order valence-corrected chi connectivity index (χ1v) is 7.97. The van der Waals surface area contributed by atoms with Gasteiger partial charge in [-0.05, 0) is 0 Å². The van der Waals surface area contributed by atoms with Gasteiger partial charge in [0.1, 0.15) is 10.7 Å². The van der Waals surface area contributed by atoms with Crippen molar-refractivity contribution < 1.29 is 19.4 Å². The molecule has 0 aromatic carbocycles. The zero-order chi connectivity index (χ0) is 16.4. The van der Waals surface area contributed by atoms with Crippen LogP contribution in [-0.4, -0.2) is 62.4 Å². The van der Waals surface area contributed by atoms with Crippen LogP contribution in [0.1, 0.15) is 16.9 Å². The van der Waals surface area contributed by atoms with Gasteiger partial charge in [0.15, 0.2) is 0 Å². The van der Waals surface area contributed by atoms with Crippen molar-refractivity contribution >= 4 is 23.2 Å². The molecule has 1 atom stereocenters. The van der Waals surface area contributed by atoms with E-state index in [1.54, 1.807) is 21.2 Å². The maximum atomic E-state index is 12.6. The van der Waals surface area contributed by atoms with Crippen LogP contribution in [0.3, 0.4) is 0 Å². The van der Waals surface area contributed by atoms with Crippen LogP contribution >= 0.6 is 11.3 Å². The minimum atomic E-state index is -0.951. The summed E-state index contributed by atoms with van der Waals surface area (Å²) in [6.07, 6.45) is 3.38. The van der Waals surface area contributed by atoms with E-state index in [0.717, 1.165) is 5.56 Å². The number of hydrogen-bond acceptors (Lipinski definition) is 6. The van der Waals surface area contributed by atoms with E-state index < -0.39 is 12.0 Å². The first-order valence-electron chi connectivity index (χ1n) is 7.09. The lowest BCUT2D eigenvalue weighted by Crippen LogP contribution is -2.49. The number of nitrogens with zero attached hydrogens (tertiary/aromatic N) is 4. The van der Waals surface area contributed by atoms with Crippen molar-refractivity contribution in [3.8, 4) is 10.6 Å². The molecule has 1 aliphatic heterocycles. The molecule has 1 saturated heterocycles. The summed E-state index contributed by atoms with van der Waals surface area (Å²) in [6, 6.07) is -0.461. The summed E-state index contributed by atoms with van der Waals surface area (Å²) >= 11 is 1.36. The number of carboxylic acids is 1. The highest BCUT2D eigenvalue weighted by Crippen LogP contribution is 2.24. The number of aromatic nitrogens is 3. The summed E-state index contributed by atoms with van der Waals surface area (Å²) in [6.45, 7) is 1.01. The Balaban J connectivity index is 1.79. The molecule has 0 radical (unpaired) electrons. The van der Waals surface area contributed by atoms with Gasteiger partial charge in [0.05, 0.1) is 31.9 Å². The van der Waals surface area contributed by atoms with Gasteiger partial charge in [0.25, 0.3) is 5.91 Å². The second-order valence-corrected chi connectivity index (χ2v) is 6.12. The highest BCUT2D eigenvalue weighted by molar-refractivity contribution is 7.13. The van der Waals surface area contributed by atoms with E-state index in [0.29, 0.717) is 23.9 Å². The van der Waals surface area contributed by atoms with Crippen molar-refractivity contribution in [2.24, 2.45) is 7.05 Å². The van der Waals surface area contributed by atoms with Gasteiger partial charge in [0, 0.05) is 30.7 Å². The lowest BCUT2D eigenvalue weighted by molar-refractivity contribution is -0.139. The van der Waals surface area contributed by atoms with Crippen LogP contribution in [0.15, 0.2) is 17.8 Å². The number of aryl methyl sites for hydroxylation is 1. The Morgan fingerprint density at radius 3 is 3.04 bits per heavy atom. The second-order valence-electron chi connectivity index (χ2n) is 5.27. The molecule has 122 valence electrons. The van der Waals surface area contributed by atoms with Gasteiger partial charge < -0.3 is 14.7 Å². The molecule has 0 aliphatic carbocycles. The number of ether oxygens (including phenoxy) is 1. The van der Waals surface area contributed by atoms with Crippen molar-refractivity contribution in [3.05, 3.63) is 23.5 Å². The summed E-state index contributed by atoms with van der Waals surface area (Å²) in [7, 11) is 1.81. The number of rotatable bonds is 4. The molecular formula is C14H16N4O4S. The van der Waals surface area contributed by atoms with Crippen LogP contribution in [0.5, 0.6) is 0 Å². The Kier molecular flexibility index (Phi) is 4.39. The summed E-state index contributed by atoms with van der Waals surface area (Å²) in [5, 5.41) is 15.5. The van der Waals surface area contributed by atoms with Crippen LogP contribution < -0.4 is 0 Å². The number of hydrogen-bond donors (Lipinski definition) is 1. The first kappa shape index (κ1) is 15.6. The van der Waals surface area contributed by atoms with Crippen molar-refractivity contribution in [3.63, 3.8) is 0 Å². The Hall–Kier alpha value is -2.26. The van der Waals surface area contributed by atoms with Crippen LogP contribution in [0.2, 0.25) is 0 Å². The third kappa shape index (κ3) is 3.40. The number of morpholine rings is 1. The SMILES string of the molecule is Cn1cc(-c2nc(C(=O)N3CCOCC3CC(=O)O)cs2)cn1. The lowest BCUT2D eigenvalue weighted by atomic mass is 10.1. The van der Waals surface area contributed by atoms with E-state index in [9.17, 15) is 9.59 Å². The summed E-state index contributed by atoms with van der Waals surface area (Å²) in [4.78, 5) is 29.5. The average molecular weight is 336 g/mol. The standard InChI is InChI=1S/C14H16N4O4S/c1-17-6-9(5-15-17)13-16-11(8-23-13)14(21)18-2-3-22-7-10(18)4-12(19)20/h5-6,8,10H,2-4,7H2,1H3,(H,19,20). The number of aliphatic carboxylic acids is 1. The molecule has 0 bridgehead atoms. The fourth-order valence-electron chi connectivity index (χ4n) is 2.48. The van der Waals surface area contributed by atoms with Gasteiger partial charge in [-0.1, -0.05) is 0 Å². The molecule has 8 nitrogen and oxygen atoms in total. The smallest absolute Gasteiger partial charge is 0.305 e. The predicted molar refractivity (Wildman–Crippen MR) is 82.2 cm³/mol. The Morgan fingerprint density at radius 1 is 1.52 bits per heavy atom. The zero-order valence-corrected chi connectivity index (χ0v) is 13.3. The van der Waals surface area contributed by atoms with E-state index in [2.05, 4.69) is 10.1 Å². The largest absolute Gasteiger partial charge is 0.481 e. The van der Waals surface area contributed by atoms with Crippen molar-refractivity contribution in [2.45, 2.75) is 12.5 Å². The normalized spacial score (nSPS) is 18.1. The maximum absolute atomic E-state index is 12.6. The van der Waals surface area contributed by atoms with Crippen LogP contribution in [0.25, 0.3) is 10.6 Å². The van der Waals surface area contributed by atoms with Gasteiger partial charge in [0.2, 0.25) is 0 Å². The quantitative estimate of drug-likeness (QED) is 0.889. The molecule has 1 N–H and O–H groups in total. The van der Waals surface area contributed by atoms with Gasteiger partial charge >= 0.3 is 5.97 Å². The lowest BCUT2D eigenvalue weighted by Gasteiger charge is -2.34. The molecule has 1 aliphatic rings. The summed E-state index contributed by atoms with van der Waals surface area (Å²) < 4.78 is 6.96. The number of carbonyl (C=O) groups is 2. The second kappa shape index (κ2) is 6.47. The third-order valence-corrected chi connectivity index (χ3v) is 4.47. The fraction of sp³-hybridized carbons (Fsp3) is 0.429. The Morgan fingerprint density at radius 2 is 2.35 bits per heavy atom. The highest BCUT2D eigenvalue weighted by Gasteiger charge is 2.31. The van der Waals surface area contributed by atoms with E-state index >= 15 is 0 Å². The molecule has 1 unspecified atom stereocenters. The van der Waals surface area contributed by atoms with E-state index in [4.69, 9.17) is 9.84 Å². The number of thiazole rings is 1. The molecule has 3 heterocycles. The van der Waals surface area contributed by atoms with Crippen LogP contribution in [0, 0.1) is 0 Å². The molecule has 2 aromatic rings. The van der Waals surface area contributed by atoms with E-state index in [-0.39, 0.29) is 18.9 Å². The maximum Gasteiger partial charge on any atom is 0.305 e. The van der Waals surface area contributed by atoms with Gasteiger partial charge in [-0.15, -0.1) is 11.3 Å². The predicted octanol–water partition coefficient (Wildman–Crippen LogP) is 0.859. The Labute approximate surface area is 136 Å². The molecule has 3 rings (SSSR count). The summed E-state index contributed by atoms with van der Waals surface area (Å²) in [5.41, 5.74) is 1.17. The van der Waals surface area contributed by atoms with Crippen LogP contribution in [0.4, 0.5) is 0 Å². The van der Waals surface area contributed by atoms with Gasteiger partial charge in [-0.2, -0.15) is 5.10 Å². The molecule has 0 saturated carbocycles. The molecule has 1 fully saturated rings. The fourth-order valence-corrected chi connectivity index (χ4v) is 3.25. The van der Waals surface area contributed by atoms with Gasteiger partial charge in [-0.3, -0.25) is 14.3 Å². The number of amides is 1. The van der Waals surface area contributed by atoms with E-state index in [1.807, 2.05) is 13.2 Å². The monoisotopic (exact) mass is 336 g/mol. The molecule has 2 aromatic heterocycles. The Bertz CT molecular complexity index is 726. The van der Waals surface area contributed by atoms with E-state index in [1.165, 1.54) is 11.3 Å².